The Hall–Kier alpha value is 0.310. The van der Waals surface area contributed by atoms with E-state index in [1.165, 1.54) is 25.0 Å². The second-order valence-electron chi connectivity index (χ2n) is 3.91. The lowest BCUT2D eigenvalue weighted by Gasteiger charge is -2.33. The van der Waals surface area contributed by atoms with Crippen molar-refractivity contribution in [3.63, 3.8) is 0 Å². The van der Waals surface area contributed by atoms with Crippen LogP contribution >= 0.6 is 11.8 Å². The van der Waals surface area contributed by atoms with E-state index >= 15 is 0 Å². The quantitative estimate of drug-likeness (QED) is 0.734. The number of thioether (sulfide) groups is 1. The van der Waals surface area contributed by atoms with E-state index in [-0.39, 0.29) is 0 Å². The predicted molar refractivity (Wildman–Crippen MR) is 57.5 cm³/mol. The molecule has 0 aromatic rings. The molecule has 0 heterocycles. The van der Waals surface area contributed by atoms with Crippen molar-refractivity contribution in [2.45, 2.75) is 38.4 Å². The molecule has 3 atom stereocenters. The number of hydrogen-bond acceptors (Lipinski definition) is 2. The Morgan fingerprint density at radius 2 is 2.17 bits per heavy atom. The van der Waals surface area contributed by atoms with Crippen molar-refractivity contribution < 1.29 is 0 Å². The van der Waals surface area contributed by atoms with Gasteiger partial charge in [0.05, 0.1) is 0 Å². The first-order chi connectivity index (χ1) is 5.77. The van der Waals surface area contributed by atoms with E-state index < -0.39 is 0 Å². The number of nitrogens with two attached hydrogens (primary N) is 1. The maximum Gasteiger partial charge on any atom is 0.00897 e. The molecule has 1 rings (SSSR count). The molecule has 3 unspecified atom stereocenters. The van der Waals surface area contributed by atoms with Gasteiger partial charge in [-0.25, -0.2) is 0 Å². The molecule has 0 saturated heterocycles. The van der Waals surface area contributed by atoms with Crippen LogP contribution in [0, 0.1) is 11.8 Å². The van der Waals surface area contributed by atoms with Crippen molar-refractivity contribution in [3.8, 4) is 0 Å². The predicted octanol–water partition coefficient (Wildman–Crippen LogP) is 2.50. The fourth-order valence-corrected chi connectivity index (χ4v) is 3.49. The SMILES string of the molecule is CCSC1CC(C)CCC1CN. The third-order valence-corrected chi connectivity index (χ3v) is 4.21. The van der Waals surface area contributed by atoms with Gasteiger partial charge in [0.15, 0.2) is 0 Å². The minimum absolute atomic E-state index is 0.797. The van der Waals surface area contributed by atoms with Crippen LogP contribution in [0.3, 0.4) is 0 Å². The second-order valence-corrected chi connectivity index (χ2v) is 5.42. The van der Waals surface area contributed by atoms with Crippen LogP contribution < -0.4 is 5.73 Å². The van der Waals surface area contributed by atoms with E-state index in [0.717, 1.165) is 23.6 Å². The first-order valence-corrected chi connectivity index (χ1v) is 6.14. The Labute approximate surface area is 80.5 Å². The van der Waals surface area contributed by atoms with Crippen LogP contribution in [-0.2, 0) is 0 Å². The zero-order valence-electron chi connectivity index (χ0n) is 8.25. The van der Waals surface area contributed by atoms with Gasteiger partial charge >= 0.3 is 0 Å². The minimum atomic E-state index is 0.797. The molecular formula is C10H21NS. The van der Waals surface area contributed by atoms with Crippen LogP contribution in [0.1, 0.15) is 33.1 Å². The normalized spacial score (nSPS) is 36.8. The summed E-state index contributed by atoms with van der Waals surface area (Å²) in [6.45, 7) is 5.51. The smallest absolute Gasteiger partial charge is 0.00897 e. The average molecular weight is 187 g/mol. The summed E-state index contributed by atoms with van der Waals surface area (Å²) < 4.78 is 0. The second kappa shape index (κ2) is 5.13. The summed E-state index contributed by atoms with van der Waals surface area (Å²) in [6.07, 6.45) is 4.14. The summed E-state index contributed by atoms with van der Waals surface area (Å²) in [6, 6.07) is 0. The first kappa shape index (κ1) is 10.4. The molecule has 0 radical (unpaired) electrons. The van der Waals surface area contributed by atoms with Gasteiger partial charge in [0.25, 0.3) is 0 Å². The van der Waals surface area contributed by atoms with E-state index in [4.69, 9.17) is 5.73 Å². The Morgan fingerprint density at radius 1 is 1.42 bits per heavy atom. The van der Waals surface area contributed by atoms with E-state index in [2.05, 4.69) is 25.6 Å². The molecule has 2 N–H and O–H groups in total. The summed E-state index contributed by atoms with van der Waals surface area (Å²) in [4.78, 5) is 0. The van der Waals surface area contributed by atoms with Gasteiger partial charge in [-0.05, 0) is 37.0 Å². The van der Waals surface area contributed by atoms with Crippen molar-refractivity contribution in [2.75, 3.05) is 12.3 Å². The van der Waals surface area contributed by atoms with Gasteiger partial charge in [0, 0.05) is 5.25 Å². The van der Waals surface area contributed by atoms with Crippen LogP contribution in [0.5, 0.6) is 0 Å². The van der Waals surface area contributed by atoms with Crippen LogP contribution in [0.15, 0.2) is 0 Å². The molecule has 72 valence electrons. The van der Waals surface area contributed by atoms with Crippen LogP contribution in [-0.4, -0.2) is 17.5 Å². The standard InChI is InChI=1S/C10H21NS/c1-3-12-10-6-8(2)4-5-9(10)7-11/h8-10H,3-7,11H2,1-2H3. The molecule has 0 aromatic carbocycles. The summed E-state index contributed by atoms with van der Waals surface area (Å²) >= 11 is 2.11. The number of hydrogen-bond donors (Lipinski definition) is 1. The monoisotopic (exact) mass is 187 g/mol. The van der Waals surface area contributed by atoms with Gasteiger partial charge in [-0.2, -0.15) is 11.8 Å². The van der Waals surface area contributed by atoms with Crippen LogP contribution in [0.4, 0.5) is 0 Å². The van der Waals surface area contributed by atoms with Crippen molar-refractivity contribution in [3.05, 3.63) is 0 Å². The molecule has 0 aliphatic heterocycles. The minimum Gasteiger partial charge on any atom is -0.330 e. The third kappa shape index (κ3) is 2.67. The molecule has 12 heavy (non-hydrogen) atoms. The van der Waals surface area contributed by atoms with Crippen molar-refractivity contribution in [1.29, 1.82) is 0 Å². The van der Waals surface area contributed by atoms with Gasteiger partial charge < -0.3 is 5.73 Å². The zero-order chi connectivity index (χ0) is 8.97. The third-order valence-electron chi connectivity index (χ3n) is 2.87. The Morgan fingerprint density at radius 3 is 2.75 bits per heavy atom. The zero-order valence-corrected chi connectivity index (χ0v) is 9.07. The van der Waals surface area contributed by atoms with Gasteiger partial charge in [-0.15, -0.1) is 0 Å². The molecule has 1 aliphatic carbocycles. The molecule has 2 heteroatoms. The summed E-state index contributed by atoms with van der Waals surface area (Å²) in [5.74, 6) is 2.97. The largest absolute Gasteiger partial charge is 0.330 e. The average Bonchev–Trinajstić information content (AvgIpc) is 2.05. The van der Waals surface area contributed by atoms with Gasteiger partial charge in [0.1, 0.15) is 0 Å². The molecule has 0 spiro atoms. The Balaban J connectivity index is 2.40. The van der Waals surface area contributed by atoms with Crippen molar-refractivity contribution in [2.24, 2.45) is 17.6 Å². The van der Waals surface area contributed by atoms with E-state index in [9.17, 15) is 0 Å². The fraction of sp³-hybridized carbons (Fsp3) is 1.00. The highest BCUT2D eigenvalue weighted by atomic mass is 32.2. The highest BCUT2D eigenvalue weighted by Crippen LogP contribution is 2.35. The lowest BCUT2D eigenvalue weighted by molar-refractivity contribution is 0.306. The summed E-state index contributed by atoms with van der Waals surface area (Å²) in [7, 11) is 0. The van der Waals surface area contributed by atoms with Gasteiger partial charge in [-0.1, -0.05) is 20.3 Å². The van der Waals surface area contributed by atoms with Crippen molar-refractivity contribution >= 4 is 11.8 Å². The summed E-state index contributed by atoms with van der Waals surface area (Å²) in [5, 5.41) is 0.851. The molecule has 1 aliphatic rings. The molecule has 0 bridgehead atoms. The maximum absolute atomic E-state index is 5.76. The highest BCUT2D eigenvalue weighted by molar-refractivity contribution is 7.99. The van der Waals surface area contributed by atoms with Crippen LogP contribution in [0.2, 0.25) is 0 Å². The van der Waals surface area contributed by atoms with Crippen LogP contribution in [0.25, 0.3) is 0 Å². The van der Waals surface area contributed by atoms with E-state index in [1.54, 1.807) is 0 Å². The highest BCUT2D eigenvalue weighted by Gasteiger charge is 2.27. The molecule has 1 nitrogen and oxygen atoms in total. The van der Waals surface area contributed by atoms with E-state index in [0.29, 0.717) is 0 Å². The van der Waals surface area contributed by atoms with Gasteiger partial charge in [-0.3, -0.25) is 0 Å². The molecule has 0 aromatic heterocycles. The molecule has 1 saturated carbocycles. The Kier molecular flexibility index (Phi) is 4.44. The maximum atomic E-state index is 5.76. The molecule has 1 fully saturated rings. The molecular weight excluding hydrogens is 166 g/mol. The summed E-state index contributed by atoms with van der Waals surface area (Å²) in [5.41, 5.74) is 5.76. The first-order valence-electron chi connectivity index (χ1n) is 5.09. The van der Waals surface area contributed by atoms with Gasteiger partial charge in [0.2, 0.25) is 0 Å². The fourth-order valence-electron chi connectivity index (χ4n) is 2.08. The van der Waals surface area contributed by atoms with E-state index in [1.807, 2.05) is 0 Å². The lowest BCUT2D eigenvalue weighted by atomic mass is 9.82. The topological polar surface area (TPSA) is 26.0 Å². The Bertz CT molecular complexity index is 127. The number of rotatable bonds is 3. The van der Waals surface area contributed by atoms with Crippen molar-refractivity contribution in [1.82, 2.24) is 0 Å². The lowest BCUT2D eigenvalue weighted by Crippen LogP contribution is -2.31. The molecule has 0 amide bonds.